The van der Waals surface area contributed by atoms with Gasteiger partial charge in [0.15, 0.2) is 5.13 Å². The number of rotatable bonds is 7. The zero-order chi connectivity index (χ0) is 19.2. The summed E-state index contributed by atoms with van der Waals surface area (Å²) in [5.74, 6) is 0.683. The molecule has 0 spiro atoms. The van der Waals surface area contributed by atoms with Gasteiger partial charge in [-0.3, -0.25) is 4.79 Å². The number of likely N-dealkylation sites (N-methyl/N-ethyl adjacent to an activating group) is 1. The number of anilines is 2. The number of carbonyl (C=O) groups is 1. The first-order valence-corrected chi connectivity index (χ1v) is 9.69. The first kappa shape index (κ1) is 18.9. The van der Waals surface area contributed by atoms with Gasteiger partial charge in [0.2, 0.25) is 5.91 Å². The molecule has 0 unspecified atom stereocenters. The van der Waals surface area contributed by atoms with Gasteiger partial charge in [-0.15, -0.1) is 11.3 Å². The molecule has 0 bridgehead atoms. The molecule has 3 aromatic rings. The molecule has 0 aliphatic rings. The van der Waals surface area contributed by atoms with Crippen molar-refractivity contribution in [1.82, 2.24) is 4.98 Å². The molecule has 0 saturated carbocycles. The highest BCUT2D eigenvalue weighted by Gasteiger charge is 2.14. The number of para-hydroxylation sites is 1. The van der Waals surface area contributed by atoms with Crippen LogP contribution in [0.4, 0.5) is 10.8 Å². The summed E-state index contributed by atoms with van der Waals surface area (Å²) in [5, 5.41) is 5.42. The molecule has 1 heterocycles. The third kappa shape index (κ3) is 4.65. The monoisotopic (exact) mass is 381 g/mol. The van der Waals surface area contributed by atoms with E-state index in [1.165, 1.54) is 11.3 Å². The Hall–Kier alpha value is -2.86. The Kier molecular flexibility index (Phi) is 6.08. The maximum atomic E-state index is 12.5. The number of aromatic nitrogens is 1. The Balaban J connectivity index is 1.70. The second-order valence-electron chi connectivity index (χ2n) is 6.14. The van der Waals surface area contributed by atoms with E-state index in [2.05, 4.69) is 10.3 Å². The summed E-state index contributed by atoms with van der Waals surface area (Å²) >= 11 is 1.41. The van der Waals surface area contributed by atoms with Gasteiger partial charge in [0.1, 0.15) is 5.75 Å². The van der Waals surface area contributed by atoms with E-state index in [0.717, 1.165) is 34.8 Å². The molecule has 0 atom stereocenters. The molecule has 0 radical (unpaired) electrons. The number of amides is 1. The van der Waals surface area contributed by atoms with Crippen LogP contribution < -0.4 is 15.0 Å². The fraction of sp³-hybridized carbons (Fsp3) is 0.238. The minimum absolute atomic E-state index is 0.0854. The minimum Gasteiger partial charge on any atom is -0.496 e. The Labute approximate surface area is 163 Å². The highest BCUT2D eigenvalue weighted by atomic mass is 32.1. The van der Waals surface area contributed by atoms with Crippen LogP contribution in [0.5, 0.6) is 5.75 Å². The van der Waals surface area contributed by atoms with Gasteiger partial charge in [0.05, 0.1) is 19.3 Å². The van der Waals surface area contributed by atoms with E-state index in [1.54, 1.807) is 7.11 Å². The van der Waals surface area contributed by atoms with Gasteiger partial charge >= 0.3 is 0 Å². The van der Waals surface area contributed by atoms with Crippen LogP contribution in [0.2, 0.25) is 0 Å². The molecule has 1 aromatic heterocycles. The van der Waals surface area contributed by atoms with Crippen molar-refractivity contribution < 1.29 is 9.53 Å². The van der Waals surface area contributed by atoms with Crippen LogP contribution in [-0.2, 0) is 4.79 Å². The maximum absolute atomic E-state index is 12.5. The lowest BCUT2D eigenvalue weighted by Crippen LogP contribution is -2.33. The van der Waals surface area contributed by atoms with Gasteiger partial charge in [-0.25, -0.2) is 4.98 Å². The number of ether oxygens (including phenoxy) is 1. The van der Waals surface area contributed by atoms with Crippen molar-refractivity contribution >= 4 is 28.1 Å². The van der Waals surface area contributed by atoms with Crippen molar-refractivity contribution in [2.75, 3.05) is 30.4 Å². The molecule has 0 aliphatic heterocycles. The largest absolute Gasteiger partial charge is 0.496 e. The van der Waals surface area contributed by atoms with Crippen LogP contribution in [0.3, 0.4) is 0 Å². The SMILES string of the molecule is CCN(CC(=O)Nc1nc(-c2cc(C)ccc2OC)cs1)c1ccccc1. The highest BCUT2D eigenvalue weighted by Crippen LogP contribution is 2.33. The van der Waals surface area contributed by atoms with Gasteiger partial charge in [0.25, 0.3) is 0 Å². The van der Waals surface area contributed by atoms with Crippen LogP contribution >= 0.6 is 11.3 Å². The third-order valence-corrected chi connectivity index (χ3v) is 4.98. The van der Waals surface area contributed by atoms with E-state index in [9.17, 15) is 4.79 Å². The molecular weight excluding hydrogens is 358 g/mol. The Morgan fingerprint density at radius 2 is 2.00 bits per heavy atom. The fourth-order valence-corrected chi connectivity index (χ4v) is 3.56. The lowest BCUT2D eigenvalue weighted by molar-refractivity contribution is -0.115. The maximum Gasteiger partial charge on any atom is 0.245 e. The summed E-state index contributed by atoms with van der Waals surface area (Å²) < 4.78 is 5.43. The molecule has 0 saturated heterocycles. The van der Waals surface area contributed by atoms with Crippen LogP contribution in [0.15, 0.2) is 53.9 Å². The second-order valence-corrected chi connectivity index (χ2v) is 7.00. The van der Waals surface area contributed by atoms with E-state index in [0.29, 0.717) is 5.13 Å². The molecule has 140 valence electrons. The van der Waals surface area contributed by atoms with E-state index >= 15 is 0 Å². The number of hydrogen-bond donors (Lipinski definition) is 1. The summed E-state index contributed by atoms with van der Waals surface area (Å²) in [6.07, 6.45) is 0. The fourth-order valence-electron chi connectivity index (χ4n) is 2.83. The Bertz CT molecular complexity index is 909. The van der Waals surface area contributed by atoms with Gasteiger partial charge < -0.3 is 15.0 Å². The van der Waals surface area contributed by atoms with E-state index < -0.39 is 0 Å². The first-order chi connectivity index (χ1) is 13.1. The molecule has 1 amide bonds. The van der Waals surface area contributed by atoms with Gasteiger partial charge in [-0.05, 0) is 38.1 Å². The molecule has 3 rings (SSSR count). The standard InChI is InChI=1S/C21H23N3O2S/c1-4-24(16-8-6-5-7-9-16)13-20(25)23-21-22-18(14-27-21)17-12-15(2)10-11-19(17)26-3/h5-12,14H,4,13H2,1-3H3,(H,22,23,25). The van der Waals surface area contributed by atoms with Crippen molar-refractivity contribution in [2.45, 2.75) is 13.8 Å². The van der Waals surface area contributed by atoms with Crippen LogP contribution in [0, 0.1) is 6.92 Å². The minimum atomic E-state index is -0.0854. The number of carbonyl (C=O) groups excluding carboxylic acids is 1. The van der Waals surface area contributed by atoms with Crippen molar-refractivity contribution in [3.63, 3.8) is 0 Å². The van der Waals surface area contributed by atoms with E-state index in [-0.39, 0.29) is 12.5 Å². The summed E-state index contributed by atoms with van der Waals surface area (Å²) in [5.41, 5.74) is 3.88. The number of thiazole rings is 1. The van der Waals surface area contributed by atoms with E-state index in [4.69, 9.17) is 4.74 Å². The summed E-state index contributed by atoms with van der Waals surface area (Å²) in [6, 6.07) is 15.9. The number of benzene rings is 2. The topological polar surface area (TPSA) is 54.5 Å². The molecule has 2 aromatic carbocycles. The molecule has 27 heavy (non-hydrogen) atoms. The van der Waals surface area contributed by atoms with Gasteiger partial charge in [-0.2, -0.15) is 0 Å². The average Bonchev–Trinajstić information content (AvgIpc) is 3.15. The summed E-state index contributed by atoms with van der Waals surface area (Å²) in [4.78, 5) is 19.1. The third-order valence-electron chi connectivity index (χ3n) is 4.22. The van der Waals surface area contributed by atoms with Crippen molar-refractivity contribution in [3.05, 3.63) is 59.5 Å². The zero-order valence-electron chi connectivity index (χ0n) is 15.7. The molecular formula is C21H23N3O2S. The second kappa shape index (κ2) is 8.68. The van der Waals surface area contributed by atoms with Crippen LogP contribution in [0.1, 0.15) is 12.5 Å². The summed E-state index contributed by atoms with van der Waals surface area (Å²) in [7, 11) is 1.64. The predicted octanol–water partition coefficient (Wildman–Crippen LogP) is 4.59. The Morgan fingerprint density at radius 3 is 2.70 bits per heavy atom. The van der Waals surface area contributed by atoms with E-state index in [1.807, 2.05) is 72.7 Å². The normalized spacial score (nSPS) is 10.5. The Morgan fingerprint density at radius 1 is 1.22 bits per heavy atom. The molecule has 0 fully saturated rings. The van der Waals surface area contributed by atoms with Gasteiger partial charge in [0, 0.05) is 23.2 Å². The number of hydrogen-bond acceptors (Lipinski definition) is 5. The summed E-state index contributed by atoms with van der Waals surface area (Å²) in [6.45, 7) is 5.09. The smallest absolute Gasteiger partial charge is 0.245 e. The predicted molar refractivity (Wildman–Crippen MR) is 112 cm³/mol. The molecule has 5 nitrogen and oxygen atoms in total. The number of nitrogens with one attached hydrogen (secondary N) is 1. The van der Waals surface area contributed by atoms with Crippen molar-refractivity contribution in [2.24, 2.45) is 0 Å². The van der Waals surface area contributed by atoms with Gasteiger partial charge in [-0.1, -0.05) is 29.8 Å². The van der Waals surface area contributed by atoms with Crippen LogP contribution in [-0.4, -0.2) is 31.1 Å². The average molecular weight is 382 g/mol. The lowest BCUT2D eigenvalue weighted by Gasteiger charge is -2.22. The number of aryl methyl sites for hydroxylation is 1. The number of methoxy groups -OCH3 is 1. The lowest BCUT2D eigenvalue weighted by atomic mass is 10.1. The zero-order valence-corrected chi connectivity index (χ0v) is 16.5. The quantitative estimate of drug-likeness (QED) is 0.650. The number of nitrogens with zero attached hydrogens (tertiary/aromatic N) is 2. The van der Waals surface area contributed by atoms with Crippen molar-refractivity contribution in [3.8, 4) is 17.0 Å². The molecule has 1 N–H and O–H groups in total. The van der Waals surface area contributed by atoms with Crippen molar-refractivity contribution in [1.29, 1.82) is 0 Å². The molecule has 0 aliphatic carbocycles. The van der Waals surface area contributed by atoms with Crippen LogP contribution in [0.25, 0.3) is 11.3 Å². The molecule has 6 heteroatoms. The highest BCUT2D eigenvalue weighted by molar-refractivity contribution is 7.14. The first-order valence-electron chi connectivity index (χ1n) is 8.81.